The summed E-state index contributed by atoms with van der Waals surface area (Å²) in [6.07, 6.45) is -0.584. The number of aliphatic hydroxyl groups excluding tert-OH is 1. The van der Waals surface area contributed by atoms with E-state index in [-0.39, 0.29) is 6.10 Å². The highest BCUT2D eigenvalue weighted by Crippen LogP contribution is 2.28. The van der Waals surface area contributed by atoms with E-state index < -0.39 is 6.10 Å². The van der Waals surface area contributed by atoms with Gasteiger partial charge in [0, 0.05) is 29.8 Å². The minimum Gasteiger partial charge on any atom is -0.389 e. The molecule has 0 aromatic heterocycles. The summed E-state index contributed by atoms with van der Waals surface area (Å²) >= 11 is 7.69. The third-order valence-corrected chi connectivity index (χ3v) is 5.15. The maximum Gasteiger partial charge on any atom is 0.0969 e. The van der Waals surface area contributed by atoms with Gasteiger partial charge in [-0.3, -0.25) is 4.90 Å². The Labute approximate surface area is 130 Å². The number of morpholine rings is 1. The fraction of sp³-hybridized carbons (Fsp3) is 0.600. The molecule has 112 valence electrons. The Kier molecular flexibility index (Phi) is 6.18. The summed E-state index contributed by atoms with van der Waals surface area (Å²) in [5.74, 6) is 0.598. The first-order chi connectivity index (χ1) is 9.58. The van der Waals surface area contributed by atoms with Crippen LogP contribution in [-0.4, -0.2) is 53.7 Å². The first kappa shape index (κ1) is 16.1. The second-order valence-corrected chi connectivity index (χ2v) is 6.78. The Hall–Kier alpha value is -0.260. The number of hydrogen-bond donors (Lipinski definition) is 1. The molecular weight excluding hydrogens is 294 g/mol. The van der Waals surface area contributed by atoms with E-state index in [1.165, 1.54) is 0 Å². The summed E-state index contributed by atoms with van der Waals surface area (Å²) in [6.45, 7) is 6.78. The minimum atomic E-state index is -0.474. The van der Waals surface area contributed by atoms with E-state index in [1.54, 1.807) is 11.8 Å². The van der Waals surface area contributed by atoms with Gasteiger partial charge in [-0.1, -0.05) is 23.7 Å². The number of benzene rings is 1. The van der Waals surface area contributed by atoms with Gasteiger partial charge >= 0.3 is 0 Å². The average molecular weight is 316 g/mol. The van der Waals surface area contributed by atoms with E-state index in [9.17, 15) is 5.11 Å². The zero-order valence-corrected chi connectivity index (χ0v) is 13.5. The molecule has 0 spiro atoms. The molecule has 0 aliphatic carbocycles. The van der Waals surface area contributed by atoms with Crippen LogP contribution in [0.3, 0.4) is 0 Å². The standard InChI is InChI=1S/C15H22ClNO2S/c1-11(2)17-7-8-19-14(9-17)13(18)10-20-15-6-4-3-5-12(15)16/h3-6,11,13-14,18H,7-10H2,1-2H3. The van der Waals surface area contributed by atoms with Crippen molar-refractivity contribution < 1.29 is 9.84 Å². The van der Waals surface area contributed by atoms with E-state index in [0.717, 1.165) is 23.0 Å². The first-order valence-electron chi connectivity index (χ1n) is 6.99. The van der Waals surface area contributed by atoms with Crippen molar-refractivity contribution in [2.24, 2.45) is 0 Å². The summed E-state index contributed by atoms with van der Waals surface area (Å²) in [7, 11) is 0. The first-order valence-corrected chi connectivity index (χ1v) is 8.35. The van der Waals surface area contributed by atoms with Gasteiger partial charge < -0.3 is 9.84 Å². The zero-order valence-electron chi connectivity index (χ0n) is 12.0. The molecule has 0 radical (unpaired) electrons. The van der Waals surface area contributed by atoms with Gasteiger partial charge in [-0.05, 0) is 26.0 Å². The molecule has 2 unspecified atom stereocenters. The van der Waals surface area contributed by atoms with E-state index in [2.05, 4.69) is 18.7 Å². The van der Waals surface area contributed by atoms with E-state index in [1.807, 2.05) is 24.3 Å². The predicted molar refractivity (Wildman–Crippen MR) is 84.6 cm³/mol. The number of ether oxygens (including phenoxy) is 1. The molecule has 1 heterocycles. The molecule has 0 saturated carbocycles. The van der Waals surface area contributed by atoms with Crippen LogP contribution in [0.5, 0.6) is 0 Å². The van der Waals surface area contributed by atoms with Crippen LogP contribution in [0, 0.1) is 0 Å². The van der Waals surface area contributed by atoms with Crippen LogP contribution in [-0.2, 0) is 4.74 Å². The zero-order chi connectivity index (χ0) is 14.5. The smallest absolute Gasteiger partial charge is 0.0969 e. The Bertz CT molecular complexity index is 430. The van der Waals surface area contributed by atoms with Crippen LogP contribution < -0.4 is 0 Å². The van der Waals surface area contributed by atoms with Crippen LogP contribution in [0.4, 0.5) is 0 Å². The lowest BCUT2D eigenvalue weighted by Gasteiger charge is -2.37. The molecule has 2 atom stereocenters. The number of thioether (sulfide) groups is 1. The van der Waals surface area contributed by atoms with Gasteiger partial charge in [0.05, 0.1) is 23.8 Å². The molecule has 1 aliphatic heterocycles. The summed E-state index contributed by atoms with van der Waals surface area (Å²) in [5, 5.41) is 11.0. The average Bonchev–Trinajstić information content (AvgIpc) is 2.46. The van der Waals surface area contributed by atoms with Crippen LogP contribution in [0.1, 0.15) is 13.8 Å². The summed E-state index contributed by atoms with van der Waals surface area (Å²) in [4.78, 5) is 3.35. The van der Waals surface area contributed by atoms with Crippen LogP contribution in [0.2, 0.25) is 5.02 Å². The SMILES string of the molecule is CC(C)N1CCOC(C(O)CSc2ccccc2Cl)C1. The van der Waals surface area contributed by atoms with Gasteiger partial charge in [-0.2, -0.15) is 0 Å². The van der Waals surface area contributed by atoms with Crippen molar-refractivity contribution in [3.8, 4) is 0 Å². The second kappa shape index (κ2) is 7.66. The molecule has 1 aliphatic rings. The number of rotatable bonds is 5. The highest BCUT2D eigenvalue weighted by atomic mass is 35.5. The van der Waals surface area contributed by atoms with Crippen molar-refractivity contribution in [2.75, 3.05) is 25.4 Å². The molecule has 1 fully saturated rings. The fourth-order valence-electron chi connectivity index (χ4n) is 2.24. The maximum absolute atomic E-state index is 10.3. The van der Waals surface area contributed by atoms with E-state index in [4.69, 9.17) is 16.3 Å². The van der Waals surface area contributed by atoms with Crippen molar-refractivity contribution in [1.29, 1.82) is 0 Å². The number of nitrogens with zero attached hydrogens (tertiary/aromatic N) is 1. The molecule has 0 amide bonds. The lowest BCUT2D eigenvalue weighted by molar-refractivity contribution is -0.0876. The normalized spacial score (nSPS) is 22.1. The fourth-order valence-corrected chi connectivity index (χ4v) is 3.49. The summed E-state index contributed by atoms with van der Waals surface area (Å²) in [6, 6.07) is 8.20. The molecule has 20 heavy (non-hydrogen) atoms. The second-order valence-electron chi connectivity index (χ2n) is 5.31. The Morgan fingerprint density at radius 3 is 2.90 bits per heavy atom. The van der Waals surface area contributed by atoms with Gasteiger partial charge in [-0.15, -0.1) is 11.8 Å². The van der Waals surface area contributed by atoms with Gasteiger partial charge in [0.15, 0.2) is 0 Å². The van der Waals surface area contributed by atoms with Gasteiger partial charge in [0.1, 0.15) is 0 Å². The lowest BCUT2D eigenvalue weighted by Crippen LogP contribution is -2.50. The van der Waals surface area contributed by atoms with Crippen molar-refractivity contribution in [1.82, 2.24) is 4.90 Å². The highest BCUT2D eigenvalue weighted by molar-refractivity contribution is 7.99. The Morgan fingerprint density at radius 1 is 1.45 bits per heavy atom. The summed E-state index contributed by atoms with van der Waals surface area (Å²) in [5.41, 5.74) is 0. The van der Waals surface area contributed by atoms with Gasteiger partial charge in [-0.25, -0.2) is 0 Å². The molecule has 5 heteroatoms. The topological polar surface area (TPSA) is 32.7 Å². The van der Waals surface area contributed by atoms with Crippen molar-refractivity contribution in [2.45, 2.75) is 37.0 Å². The molecule has 0 bridgehead atoms. The van der Waals surface area contributed by atoms with Gasteiger partial charge in [0.25, 0.3) is 0 Å². The van der Waals surface area contributed by atoms with Crippen molar-refractivity contribution in [3.05, 3.63) is 29.3 Å². The van der Waals surface area contributed by atoms with E-state index >= 15 is 0 Å². The minimum absolute atomic E-state index is 0.110. The van der Waals surface area contributed by atoms with Crippen LogP contribution in [0.15, 0.2) is 29.2 Å². The summed E-state index contributed by atoms with van der Waals surface area (Å²) < 4.78 is 5.70. The van der Waals surface area contributed by atoms with Crippen molar-refractivity contribution >= 4 is 23.4 Å². The molecule has 1 aromatic carbocycles. The maximum atomic E-state index is 10.3. The molecule has 1 N–H and O–H groups in total. The van der Waals surface area contributed by atoms with E-state index in [0.29, 0.717) is 18.4 Å². The van der Waals surface area contributed by atoms with Crippen LogP contribution >= 0.6 is 23.4 Å². The Morgan fingerprint density at radius 2 is 2.20 bits per heavy atom. The molecule has 1 saturated heterocycles. The molecule has 2 rings (SSSR count). The van der Waals surface area contributed by atoms with Gasteiger partial charge in [0.2, 0.25) is 0 Å². The largest absolute Gasteiger partial charge is 0.389 e. The number of aliphatic hydroxyl groups is 1. The van der Waals surface area contributed by atoms with Crippen LogP contribution in [0.25, 0.3) is 0 Å². The predicted octanol–water partition coefficient (Wildman–Crippen LogP) is 2.90. The number of halogens is 1. The monoisotopic (exact) mass is 315 g/mol. The number of hydrogen-bond acceptors (Lipinski definition) is 4. The third-order valence-electron chi connectivity index (χ3n) is 3.53. The molecular formula is C15H22ClNO2S. The molecule has 1 aromatic rings. The lowest BCUT2D eigenvalue weighted by atomic mass is 10.1. The Balaban J connectivity index is 1.85. The third kappa shape index (κ3) is 4.37. The quantitative estimate of drug-likeness (QED) is 0.847. The van der Waals surface area contributed by atoms with Crippen molar-refractivity contribution in [3.63, 3.8) is 0 Å². The molecule has 3 nitrogen and oxygen atoms in total. The highest BCUT2D eigenvalue weighted by Gasteiger charge is 2.28.